The summed E-state index contributed by atoms with van der Waals surface area (Å²) in [6.07, 6.45) is 0.309. The Morgan fingerprint density at radius 2 is 2.07 bits per heavy atom. The predicted octanol–water partition coefficient (Wildman–Crippen LogP) is 3.55. The summed E-state index contributed by atoms with van der Waals surface area (Å²) in [5.41, 5.74) is 2.82. The van der Waals surface area contributed by atoms with Gasteiger partial charge in [0.05, 0.1) is 0 Å². The molecular weight excluding hydrogens is 206 g/mol. The Morgan fingerprint density at radius 3 is 2.79 bits per heavy atom. The lowest BCUT2D eigenvalue weighted by molar-refractivity contribution is -0.0122. The zero-order valence-corrected chi connectivity index (χ0v) is 8.45. The largest absolute Gasteiger partial charge is 0.252 e. The second kappa shape index (κ2) is 3.50. The smallest absolute Gasteiger partial charge is 0.207 e. The van der Waals surface area contributed by atoms with Gasteiger partial charge in [-0.1, -0.05) is 18.2 Å². The molecule has 0 saturated carbocycles. The van der Waals surface area contributed by atoms with E-state index in [0.29, 0.717) is 12.3 Å². The highest BCUT2D eigenvalue weighted by molar-refractivity contribution is 6.17. The third-order valence-electron chi connectivity index (χ3n) is 2.63. The van der Waals surface area contributed by atoms with Crippen molar-refractivity contribution in [2.45, 2.75) is 31.1 Å². The Kier molecular flexibility index (Phi) is 2.48. The van der Waals surface area contributed by atoms with Crippen molar-refractivity contribution >= 4 is 11.6 Å². The Hall–Kier alpha value is -0.630. The topological polar surface area (TPSA) is 0 Å². The third kappa shape index (κ3) is 1.90. The first-order valence-electron chi connectivity index (χ1n) is 4.65. The van der Waals surface area contributed by atoms with Crippen LogP contribution < -0.4 is 0 Å². The van der Waals surface area contributed by atoms with Gasteiger partial charge in [0.15, 0.2) is 0 Å². The Morgan fingerprint density at radius 1 is 1.29 bits per heavy atom. The summed E-state index contributed by atoms with van der Waals surface area (Å²) in [7, 11) is 0. The summed E-state index contributed by atoms with van der Waals surface area (Å²) in [4.78, 5) is 0. The van der Waals surface area contributed by atoms with Crippen LogP contribution in [0.3, 0.4) is 0 Å². The number of alkyl halides is 3. The van der Waals surface area contributed by atoms with Crippen LogP contribution in [0.2, 0.25) is 0 Å². The molecule has 0 saturated heterocycles. The highest BCUT2D eigenvalue weighted by Gasteiger charge is 2.33. The van der Waals surface area contributed by atoms with Gasteiger partial charge in [0.2, 0.25) is 0 Å². The molecule has 0 amide bonds. The summed E-state index contributed by atoms with van der Waals surface area (Å²) < 4.78 is 26.1. The standard InChI is InChI=1S/C11H11ClF2/c12-7-8-1-2-10-6-11(13,14)4-3-9(10)5-8/h1-2,5H,3-4,6-7H2. The summed E-state index contributed by atoms with van der Waals surface area (Å²) in [5.74, 6) is -2.07. The fourth-order valence-corrected chi connectivity index (χ4v) is 2.02. The van der Waals surface area contributed by atoms with Gasteiger partial charge >= 0.3 is 0 Å². The van der Waals surface area contributed by atoms with E-state index in [4.69, 9.17) is 11.6 Å². The van der Waals surface area contributed by atoms with Gasteiger partial charge in [0, 0.05) is 18.7 Å². The summed E-state index contributed by atoms with van der Waals surface area (Å²) in [6.45, 7) is 0. The van der Waals surface area contributed by atoms with Crippen LogP contribution in [0.1, 0.15) is 23.1 Å². The van der Waals surface area contributed by atoms with Gasteiger partial charge in [-0.25, -0.2) is 8.78 Å². The van der Waals surface area contributed by atoms with Crippen LogP contribution in [0, 0.1) is 0 Å². The fraction of sp³-hybridized carbons (Fsp3) is 0.455. The number of benzene rings is 1. The van der Waals surface area contributed by atoms with Crippen LogP contribution in [0.15, 0.2) is 18.2 Å². The molecule has 14 heavy (non-hydrogen) atoms. The quantitative estimate of drug-likeness (QED) is 0.630. The average Bonchev–Trinajstić information content (AvgIpc) is 2.16. The molecule has 0 nitrogen and oxygen atoms in total. The summed E-state index contributed by atoms with van der Waals surface area (Å²) >= 11 is 5.68. The molecule has 0 unspecified atom stereocenters. The maximum Gasteiger partial charge on any atom is 0.252 e. The molecule has 1 aromatic rings. The van der Waals surface area contributed by atoms with E-state index in [9.17, 15) is 8.78 Å². The lowest BCUT2D eigenvalue weighted by atomic mass is 9.88. The molecule has 0 atom stereocenters. The Balaban J connectivity index is 2.32. The first-order valence-corrected chi connectivity index (χ1v) is 5.19. The second-order valence-electron chi connectivity index (χ2n) is 3.77. The van der Waals surface area contributed by atoms with Crippen molar-refractivity contribution in [1.29, 1.82) is 0 Å². The van der Waals surface area contributed by atoms with Crippen LogP contribution in [-0.4, -0.2) is 5.92 Å². The van der Waals surface area contributed by atoms with Crippen molar-refractivity contribution in [3.05, 3.63) is 34.9 Å². The summed E-state index contributed by atoms with van der Waals surface area (Å²) in [5, 5.41) is 0. The molecule has 0 aromatic heterocycles. The maximum atomic E-state index is 13.0. The van der Waals surface area contributed by atoms with Crippen molar-refractivity contribution < 1.29 is 8.78 Å². The first-order chi connectivity index (χ1) is 6.61. The molecule has 0 N–H and O–H groups in total. The van der Waals surface area contributed by atoms with Crippen LogP contribution in [0.25, 0.3) is 0 Å². The zero-order valence-electron chi connectivity index (χ0n) is 7.69. The number of hydrogen-bond donors (Lipinski definition) is 0. The highest BCUT2D eigenvalue weighted by atomic mass is 35.5. The Labute approximate surface area is 86.9 Å². The van der Waals surface area contributed by atoms with Crippen LogP contribution in [-0.2, 0) is 18.7 Å². The van der Waals surface area contributed by atoms with E-state index in [0.717, 1.165) is 16.7 Å². The average molecular weight is 217 g/mol. The molecule has 0 fully saturated rings. The SMILES string of the molecule is FC1(F)CCc2cc(CCl)ccc2C1. The van der Waals surface area contributed by atoms with E-state index >= 15 is 0 Å². The molecule has 0 aliphatic heterocycles. The third-order valence-corrected chi connectivity index (χ3v) is 2.94. The van der Waals surface area contributed by atoms with Gasteiger partial charge in [0.1, 0.15) is 0 Å². The van der Waals surface area contributed by atoms with Crippen molar-refractivity contribution in [3.63, 3.8) is 0 Å². The number of aryl methyl sites for hydroxylation is 1. The first kappa shape index (κ1) is 9.91. The van der Waals surface area contributed by atoms with Crippen LogP contribution >= 0.6 is 11.6 Å². The van der Waals surface area contributed by atoms with Crippen LogP contribution in [0.4, 0.5) is 8.78 Å². The lowest BCUT2D eigenvalue weighted by Crippen LogP contribution is -2.25. The zero-order chi connectivity index (χ0) is 10.2. The van der Waals surface area contributed by atoms with Crippen LogP contribution in [0.5, 0.6) is 0 Å². The molecule has 1 aliphatic rings. The number of halogens is 3. The van der Waals surface area contributed by atoms with E-state index < -0.39 is 5.92 Å². The van der Waals surface area contributed by atoms with Gasteiger partial charge in [0.25, 0.3) is 5.92 Å². The van der Waals surface area contributed by atoms with Gasteiger partial charge < -0.3 is 0 Å². The van der Waals surface area contributed by atoms with Gasteiger partial charge in [-0.15, -0.1) is 11.6 Å². The molecule has 0 heterocycles. The molecule has 76 valence electrons. The number of hydrogen-bond acceptors (Lipinski definition) is 0. The monoisotopic (exact) mass is 216 g/mol. The fourth-order valence-electron chi connectivity index (χ4n) is 1.85. The highest BCUT2D eigenvalue weighted by Crippen LogP contribution is 2.33. The molecule has 0 spiro atoms. The molecule has 0 bridgehead atoms. The molecular formula is C11H11ClF2. The van der Waals surface area contributed by atoms with E-state index in [1.54, 1.807) is 6.07 Å². The van der Waals surface area contributed by atoms with E-state index in [-0.39, 0.29) is 12.8 Å². The molecule has 3 heteroatoms. The molecule has 0 radical (unpaired) electrons. The number of rotatable bonds is 1. The van der Waals surface area contributed by atoms with Gasteiger partial charge in [-0.2, -0.15) is 0 Å². The number of fused-ring (bicyclic) bond motifs is 1. The van der Waals surface area contributed by atoms with Crippen molar-refractivity contribution in [2.24, 2.45) is 0 Å². The molecule has 1 aromatic carbocycles. The minimum atomic E-state index is -2.52. The predicted molar refractivity (Wildman–Crippen MR) is 53.0 cm³/mol. The van der Waals surface area contributed by atoms with Crippen molar-refractivity contribution in [2.75, 3.05) is 0 Å². The van der Waals surface area contributed by atoms with Crippen molar-refractivity contribution in [1.82, 2.24) is 0 Å². The van der Waals surface area contributed by atoms with E-state index in [1.165, 1.54) is 0 Å². The normalized spacial score (nSPS) is 19.1. The van der Waals surface area contributed by atoms with Gasteiger partial charge in [-0.05, 0) is 23.1 Å². The Bertz CT molecular complexity index is 347. The van der Waals surface area contributed by atoms with E-state index in [1.807, 2.05) is 12.1 Å². The van der Waals surface area contributed by atoms with Crippen molar-refractivity contribution in [3.8, 4) is 0 Å². The minimum absolute atomic E-state index is 0.0360. The van der Waals surface area contributed by atoms with E-state index in [2.05, 4.69) is 0 Å². The summed E-state index contributed by atoms with van der Waals surface area (Å²) in [6, 6.07) is 5.55. The second-order valence-corrected chi connectivity index (χ2v) is 4.04. The minimum Gasteiger partial charge on any atom is -0.207 e. The molecule has 2 rings (SSSR count). The maximum absolute atomic E-state index is 13.0. The van der Waals surface area contributed by atoms with Gasteiger partial charge in [-0.3, -0.25) is 0 Å². The lowest BCUT2D eigenvalue weighted by Gasteiger charge is -2.24. The molecule has 1 aliphatic carbocycles.